The summed E-state index contributed by atoms with van der Waals surface area (Å²) in [6.45, 7) is 3.84. The van der Waals surface area contributed by atoms with E-state index in [0.717, 1.165) is 11.1 Å². The molecule has 6 heteroatoms. The molecule has 3 N–H and O–H groups in total. The smallest absolute Gasteiger partial charge is 0.238 e. The zero-order valence-electron chi connectivity index (χ0n) is 17.0. The van der Waals surface area contributed by atoms with Crippen LogP contribution in [0, 0.1) is 5.92 Å². The fourth-order valence-electron chi connectivity index (χ4n) is 3.20. The molecule has 2 aromatic carbocycles. The number of nitrogens with one attached hydrogen (secondary N) is 1. The number of hydrogen-bond donors (Lipinski definition) is 2. The van der Waals surface area contributed by atoms with Crippen LogP contribution in [-0.4, -0.2) is 35.6 Å². The van der Waals surface area contributed by atoms with Crippen molar-refractivity contribution >= 4 is 12.2 Å². The highest BCUT2D eigenvalue weighted by atomic mass is 19.2. The number of carbonyl (C=O) groups is 2. The number of benzene rings is 2. The van der Waals surface area contributed by atoms with Crippen LogP contribution in [0.15, 0.2) is 60.7 Å². The van der Waals surface area contributed by atoms with Crippen LogP contribution >= 0.6 is 0 Å². The van der Waals surface area contributed by atoms with Gasteiger partial charge in [-0.2, -0.15) is 0 Å². The van der Waals surface area contributed by atoms with E-state index in [1.165, 1.54) is 0 Å². The standard InChI is InChI=1S/C23H30FN3O2/c1-17(2)13-20(16-28)27(24)22(15-19-11-7-4-8-12-19)26-23(29)21(25)14-18-9-5-3-6-10-18/h3-12,16-17,20-22H,13-15,25H2,1-2H3,(H,26,29)/t20?,21?,22-/m0/s1. The molecule has 29 heavy (non-hydrogen) atoms. The Morgan fingerprint density at radius 3 is 2.03 bits per heavy atom. The molecule has 0 aliphatic carbocycles. The lowest BCUT2D eigenvalue weighted by Crippen LogP contribution is -2.54. The molecule has 5 nitrogen and oxygen atoms in total. The monoisotopic (exact) mass is 399 g/mol. The summed E-state index contributed by atoms with van der Waals surface area (Å²) >= 11 is 0. The number of amides is 1. The van der Waals surface area contributed by atoms with Gasteiger partial charge in [-0.15, -0.1) is 9.60 Å². The third-order valence-corrected chi connectivity index (χ3v) is 4.70. The number of carbonyl (C=O) groups excluding carboxylic acids is 2. The summed E-state index contributed by atoms with van der Waals surface area (Å²) in [5.41, 5.74) is 7.84. The van der Waals surface area contributed by atoms with E-state index in [1.54, 1.807) is 0 Å². The molecule has 2 rings (SSSR count). The summed E-state index contributed by atoms with van der Waals surface area (Å²) in [5.74, 6) is -0.316. The number of nitrogens with zero attached hydrogens (tertiary/aromatic N) is 1. The van der Waals surface area contributed by atoms with Crippen molar-refractivity contribution in [2.24, 2.45) is 11.7 Å². The molecule has 0 radical (unpaired) electrons. The van der Waals surface area contributed by atoms with Crippen molar-refractivity contribution in [3.63, 3.8) is 0 Å². The number of halogens is 1. The van der Waals surface area contributed by atoms with Crippen molar-refractivity contribution in [1.82, 2.24) is 10.4 Å². The maximum atomic E-state index is 15.2. The van der Waals surface area contributed by atoms with Gasteiger partial charge in [0.1, 0.15) is 12.5 Å². The van der Waals surface area contributed by atoms with Gasteiger partial charge in [0.15, 0.2) is 0 Å². The van der Waals surface area contributed by atoms with Crippen LogP contribution in [0.4, 0.5) is 4.48 Å². The lowest BCUT2D eigenvalue weighted by Gasteiger charge is -2.30. The molecule has 156 valence electrons. The van der Waals surface area contributed by atoms with Crippen LogP contribution in [0.2, 0.25) is 0 Å². The second-order valence-corrected chi connectivity index (χ2v) is 7.69. The second kappa shape index (κ2) is 11.4. The van der Waals surface area contributed by atoms with Crippen LogP contribution in [0.3, 0.4) is 0 Å². The summed E-state index contributed by atoms with van der Waals surface area (Å²) in [6, 6.07) is 17.0. The van der Waals surface area contributed by atoms with Gasteiger partial charge < -0.3 is 15.8 Å². The van der Waals surface area contributed by atoms with E-state index in [4.69, 9.17) is 5.73 Å². The Morgan fingerprint density at radius 1 is 1.03 bits per heavy atom. The number of nitrogens with two attached hydrogens (primary N) is 1. The molecule has 0 heterocycles. The van der Waals surface area contributed by atoms with Gasteiger partial charge >= 0.3 is 0 Å². The van der Waals surface area contributed by atoms with Crippen LogP contribution in [0.25, 0.3) is 0 Å². The van der Waals surface area contributed by atoms with E-state index < -0.39 is 24.2 Å². The molecule has 2 unspecified atom stereocenters. The van der Waals surface area contributed by atoms with Crippen molar-refractivity contribution in [2.75, 3.05) is 0 Å². The first-order chi connectivity index (χ1) is 13.9. The third kappa shape index (κ3) is 7.40. The molecule has 0 aromatic heterocycles. The average Bonchev–Trinajstić information content (AvgIpc) is 2.72. The topological polar surface area (TPSA) is 75.4 Å². The summed E-state index contributed by atoms with van der Waals surface area (Å²) in [4.78, 5) is 24.1. The molecular weight excluding hydrogens is 369 g/mol. The maximum absolute atomic E-state index is 15.2. The zero-order valence-corrected chi connectivity index (χ0v) is 17.0. The Kier molecular flexibility index (Phi) is 8.96. The minimum absolute atomic E-state index is 0.136. The van der Waals surface area contributed by atoms with Crippen LogP contribution in [0.1, 0.15) is 31.4 Å². The van der Waals surface area contributed by atoms with E-state index in [0.29, 0.717) is 24.2 Å². The lowest BCUT2D eigenvalue weighted by atomic mass is 10.0. The quantitative estimate of drug-likeness (QED) is 0.346. The SMILES string of the molecule is CC(C)CC(C=O)N(F)[C@@H](Cc1ccccc1)NC(=O)C(N)Cc1ccccc1. The lowest BCUT2D eigenvalue weighted by molar-refractivity contribution is -0.138. The van der Waals surface area contributed by atoms with E-state index >= 15 is 4.48 Å². The minimum atomic E-state index is -0.985. The molecule has 0 aliphatic heterocycles. The van der Waals surface area contributed by atoms with E-state index in [9.17, 15) is 9.59 Å². The summed E-state index contributed by atoms with van der Waals surface area (Å²) in [6.07, 6.45) is 0.537. The Morgan fingerprint density at radius 2 is 1.55 bits per heavy atom. The number of hydrogen-bond acceptors (Lipinski definition) is 4. The molecule has 0 bridgehead atoms. The molecule has 0 saturated heterocycles. The summed E-state index contributed by atoms with van der Waals surface area (Å²) < 4.78 is 15.2. The molecule has 0 fully saturated rings. The fraction of sp³-hybridized carbons (Fsp3) is 0.391. The van der Waals surface area contributed by atoms with Gasteiger partial charge in [0.25, 0.3) is 0 Å². The van der Waals surface area contributed by atoms with E-state index in [2.05, 4.69) is 5.32 Å². The molecule has 1 amide bonds. The third-order valence-electron chi connectivity index (χ3n) is 4.70. The van der Waals surface area contributed by atoms with Gasteiger partial charge in [0, 0.05) is 6.42 Å². The first-order valence-electron chi connectivity index (χ1n) is 9.94. The van der Waals surface area contributed by atoms with E-state index in [-0.39, 0.29) is 12.3 Å². The number of aldehydes is 1. The summed E-state index contributed by atoms with van der Waals surface area (Å²) in [7, 11) is 0. The summed E-state index contributed by atoms with van der Waals surface area (Å²) in [5, 5.41) is 3.15. The first-order valence-corrected chi connectivity index (χ1v) is 9.94. The van der Waals surface area contributed by atoms with Crippen molar-refractivity contribution in [1.29, 1.82) is 0 Å². The number of rotatable bonds is 11. The predicted molar refractivity (Wildman–Crippen MR) is 112 cm³/mol. The molecule has 0 saturated carbocycles. The van der Waals surface area contributed by atoms with Gasteiger partial charge in [-0.25, -0.2) is 0 Å². The van der Waals surface area contributed by atoms with Gasteiger partial charge in [-0.3, -0.25) is 4.79 Å². The molecular formula is C23H30FN3O2. The average molecular weight is 400 g/mol. The highest BCUT2D eigenvalue weighted by Gasteiger charge is 2.30. The Bertz CT molecular complexity index is 755. The highest BCUT2D eigenvalue weighted by Crippen LogP contribution is 2.16. The maximum Gasteiger partial charge on any atom is 0.238 e. The molecule has 2 aromatic rings. The van der Waals surface area contributed by atoms with Crippen molar-refractivity contribution in [2.45, 2.75) is 51.4 Å². The first kappa shape index (κ1) is 22.7. The Labute approximate surface area is 172 Å². The van der Waals surface area contributed by atoms with E-state index in [1.807, 2.05) is 74.5 Å². The zero-order chi connectivity index (χ0) is 21.2. The van der Waals surface area contributed by atoms with Crippen LogP contribution in [-0.2, 0) is 22.4 Å². The predicted octanol–water partition coefficient (Wildman–Crippen LogP) is 3.04. The molecule has 3 atom stereocenters. The van der Waals surface area contributed by atoms with Gasteiger partial charge in [-0.05, 0) is 29.9 Å². The van der Waals surface area contributed by atoms with Crippen LogP contribution < -0.4 is 11.1 Å². The normalized spacial score (nSPS) is 14.4. The molecule has 0 aliphatic rings. The van der Waals surface area contributed by atoms with Gasteiger partial charge in [0.2, 0.25) is 5.91 Å². The highest BCUT2D eigenvalue weighted by molar-refractivity contribution is 5.82. The Balaban J connectivity index is 2.12. The van der Waals surface area contributed by atoms with Crippen LogP contribution in [0.5, 0.6) is 0 Å². The fourth-order valence-corrected chi connectivity index (χ4v) is 3.20. The largest absolute Gasteiger partial charge is 0.337 e. The van der Waals surface area contributed by atoms with Crippen molar-refractivity contribution < 1.29 is 14.1 Å². The van der Waals surface area contributed by atoms with Crippen molar-refractivity contribution in [3.05, 3.63) is 71.8 Å². The van der Waals surface area contributed by atoms with Crippen molar-refractivity contribution in [3.8, 4) is 0 Å². The van der Waals surface area contributed by atoms with Gasteiger partial charge in [-0.1, -0.05) is 74.5 Å². The Hall–Kier alpha value is -2.57. The molecule has 0 spiro atoms. The van der Waals surface area contributed by atoms with Gasteiger partial charge in [0.05, 0.1) is 12.1 Å². The second-order valence-electron chi connectivity index (χ2n) is 7.69. The minimum Gasteiger partial charge on any atom is -0.337 e.